The summed E-state index contributed by atoms with van der Waals surface area (Å²) in [5.74, 6) is -1.29. The third-order valence-corrected chi connectivity index (χ3v) is 5.62. The van der Waals surface area contributed by atoms with Crippen molar-refractivity contribution in [2.75, 3.05) is 4.90 Å². The third kappa shape index (κ3) is 3.38. The van der Waals surface area contributed by atoms with Crippen LogP contribution < -0.4 is 4.90 Å². The van der Waals surface area contributed by atoms with Crippen LogP contribution >= 0.6 is 46.6 Å². The number of amides is 1. The molecule has 1 amide bonds. The highest BCUT2D eigenvalue weighted by Gasteiger charge is 2.33. The second-order valence-corrected chi connectivity index (χ2v) is 7.73. The number of carbonyl (C=O) groups excluding carboxylic acids is 1. The van der Waals surface area contributed by atoms with E-state index < -0.39 is 5.97 Å². The number of carbonyl (C=O) groups is 2. The highest BCUT2D eigenvalue weighted by molar-refractivity contribution is 14.1. The molecule has 7 heteroatoms. The Balaban J connectivity index is 1.97. The Morgan fingerprint density at radius 2 is 1.96 bits per heavy atom. The lowest BCUT2D eigenvalue weighted by molar-refractivity contribution is -0.113. The van der Waals surface area contributed by atoms with Crippen molar-refractivity contribution in [3.8, 4) is 0 Å². The van der Waals surface area contributed by atoms with Crippen molar-refractivity contribution >= 4 is 74.5 Å². The van der Waals surface area contributed by atoms with Crippen LogP contribution in [0.5, 0.6) is 0 Å². The van der Waals surface area contributed by atoms with Crippen LogP contribution in [0.1, 0.15) is 15.9 Å². The van der Waals surface area contributed by atoms with Gasteiger partial charge in [0.25, 0.3) is 5.91 Å². The number of aromatic carboxylic acids is 1. The summed E-state index contributed by atoms with van der Waals surface area (Å²) in [5.41, 5.74) is 1.52. The predicted octanol–water partition coefficient (Wildman–Crippen LogP) is 4.40. The molecule has 0 saturated carbocycles. The van der Waals surface area contributed by atoms with Crippen LogP contribution in [0.3, 0.4) is 0 Å². The van der Waals surface area contributed by atoms with Crippen molar-refractivity contribution in [2.45, 2.75) is 0 Å². The molecule has 0 unspecified atom stereocenters. The molecule has 1 aliphatic rings. The van der Waals surface area contributed by atoms with Crippen molar-refractivity contribution < 1.29 is 14.7 Å². The Kier molecular flexibility index (Phi) is 5.02. The number of benzene rings is 2. The second-order valence-electron chi connectivity index (χ2n) is 4.89. The first-order valence-electron chi connectivity index (χ1n) is 6.83. The summed E-state index contributed by atoms with van der Waals surface area (Å²) in [6.45, 7) is 0. The fourth-order valence-electron chi connectivity index (χ4n) is 2.20. The number of nitrogens with zero attached hydrogens (tertiary/aromatic N) is 1. The van der Waals surface area contributed by atoms with Crippen LogP contribution in [-0.4, -0.2) is 21.3 Å². The fraction of sp³-hybridized carbons (Fsp3) is 0. The Morgan fingerprint density at radius 1 is 1.21 bits per heavy atom. The van der Waals surface area contributed by atoms with Gasteiger partial charge in [-0.2, -0.15) is 0 Å². The van der Waals surface area contributed by atoms with Crippen molar-refractivity contribution in [1.29, 1.82) is 0 Å². The molecule has 120 valence electrons. The summed E-state index contributed by atoms with van der Waals surface area (Å²) < 4.78 is 1.42. The summed E-state index contributed by atoms with van der Waals surface area (Å²) in [5, 5.41) is 9.11. The van der Waals surface area contributed by atoms with Crippen LogP contribution in [0, 0.1) is 3.57 Å². The van der Waals surface area contributed by atoms with Crippen LogP contribution in [0.25, 0.3) is 6.08 Å². The van der Waals surface area contributed by atoms with E-state index in [1.807, 2.05) is 30.3 Å². The van der Waals surface area contributed by atoms with E-state index in [4.69, 9.17) is 17.3 Å². The molecule has 1 aliphatic heterocycles. The number of anilines is 1. The number of thioether (sulfide) groups is 1. The fourth-order valence-corrected chi connectivity index (χ4v) is 4.03. The zero-order valence-corrected chi connectivity index (χ0v) is 15.9. The normalized spacial score (nSPS) is 16.0. The first-order valence-corrected chi connectivity index (χ1v) is 9.13. The first kappa shape index (κ1) is 17.1. The van der Waals surface area contributed by atoms with E-state index in [0.717, 1.165) is 9.13 Å². The number of halogens is 1. The molecule has 4 nitrogen and oxygen atoms in total. The average molecular weight is 467 g/mol. The quantitative estimate of drug-likeness (QED) is 0.412. The van der Waals surface area contributed by atoms with E-state index in [2.05, 4.69) is 22.6 Å². The van der Waals surface area contributed by atoms with Crippen LogP contribution in [-0.2, 0) is 4.79 Å². The zero-order chi connectivity index (χ0) is 17.3. The van der Waals surface area contributed by atoms with Crippen molar-refractivity contribution in [1.82, 2.24) is 0 Å². The van der Waals surface area contributed by atoms with Gasteiger partial charge in [-0.05, 0) is 58.5 Å². The zero-order valence-electron chi connectivity index (χ0n) is 12.1. The Morgan fingerprint density at radius 3 is 2.67 bits per heavy atom. The third-order valence-electron chi connectivity index (χ3n) is 3.34. The van der Waals surface area contributed by atoms with E-state index >= 15 is 0 Å². The Labute approximate surface area is 161 Å². The summed E-state index contributed by atoms with van der Waals surface area (Å²) in [6, 6.07) is 13.9. The van der Waals surface area contributed by atoms with Gasteiger partial charge in [-0.1, -0.05) is 48.2 Å². The largest absolute Gasteiger partial charge is 0.478 e. The average Bonchev–Trinajstić information content (AvgIpc) is 2.83. The highest BCUT2D eigenvalue weighted by Crippen LogP contribution is 2.36. The number of carboxylic acid groups (broad SMARTS) is 1. The number of hydrogen-bond donors (Lipinski definition) is 1. The number of thiocarbonyl (C=S) groups is 1. The smallest absolute Gasteiger partial charge is 0.335 e. The molecule has 0 aliphatic carbocycles. The molecule has 0 radical (unpaired) electrons. The van der Waals surface area contributed by atoms with Gasteiger partial charge in [-0.25, -0.2) is 4.79 Å². The lowest BCUT2D eigenvalue weighted by Crippen LogP contribution is -2.27. The molecule has 2 aromatic rings. The minimum atomic E-state index is -1.04. The predicted molar refractivity (Wildman–Crippen MR) is 108 cm³/mol. The summed E-state index contributed by atoms with van der Waals surface area (Å²) in [6.07, 6.45) is 1.81. The number of rotatable bonds is 3. The molecule has 1 fully saturated rings. The molecule has 1 saturated heterocycles. The summed E-state index contributed by atoms with van der Waals surface area (Å²) in [4.78, 5) is 25.7. The molecule has 0 atom stereocenters. The van der Waals surface area contributed by atoms with Gasteiger partial charge in [0, 0.05) is 3.57 Å². The molecule has 1 N–H and O–H groups in total. The van der Waals surface area contributed by atoms with E-state index in [1.165, 1.54) is 28.8 Å². The maximum Gasteiger partial charge on any atom is 0.335 e. The lowest BCUT2D eigenvalue weighted by Gasteiger charge is -2.14. The van der Waals surface area contributed by atoms with Crippen LogP contribution in [0.15, 0.2) is 53.4 Å². The summed E-state index contributed by atoms with van der Waals surface area (Å²) in [7, 11) is 0. The lowest BCUT2D eigenvalue weighted by atomic mass is 10.2. The number of hydrogen-bond acceptors (Lipinski definition) is 4. The van der Waals surface area contributed by atoms with Crippen molar-refractivity contribution in [3.63, 3.8) is 0 Å². The van der Waals surface area contributed by atoms with Crippen molar-refractivity contribution in [3.05, 3.63) is 68.1 Å². The standard InChI is InChI=1S/C17H10INO3S2/c18-13-7-2-1-4-10(13)9-14-15(20)19(17(23)24-14)12-6-3-5-11(8-12)16(21)22/h1-9H,(H,21,22)/b14-9+. The summed E-state index contributed by atoms with van der Waals surface area (Å²) >= 11 is 8.74. The van der Waals surface area contributed by atoms with Gasteiger partial charge in [-0.3, -0.25) is 9.69 Å². The highest BCUT2D eigenvalue weighted by atomic mass is 127. The molecule has 0 bridgehead atoms. The van der Waals surface area contributed by atoms with Crippen molar-refractivity contribution in [2.24, 2.45) is 0 Å². The van der Waals surface area contributed by atoms with E-state index in [0.29, 0.717) is 14.9 Å². The molecule has 2 aromatic carbocycles. The minimum absolute atomic E-state index is 0.114. The first-order chi connectivity index (χ1) is 11.5. The van der Waals surface area contributed by atoms with Gasteiger partial charge < -0.3 is 5.11 Å². The maximum atomic E-state index is 12.7. The van der Waals surface area contributed by atoms with Crippen LogP contribution in [0.2, 0.25) is 0 Å². The van der Waals surface area contributed by atoms with E-state index in [-0.39, 0.29) is 11.5 Å². The van der Waals surface area contributed by atoms with Gasteiger partial charge in [-0.15, -0.1) is 0 Å². The van der Waals surface area contributed by atoms with Gasteiger partial charge >= 0.3 is 5.97 Å². The Bertz CT molecular complexity index is 895. The Hall–Kier alpha value is -1.71. The molecule has 0 spiro atoms. The van der Waals surface area contributed by atoms with Gasteiger partial charge in [0.2, 0.25) is 0 Å². The van der Waals surface area contributed by atoms with E-state index in [9.17, 15) is 9.59 Å². The molecular formula is C17H10INO3S2. The topological polar surface area (TPSA) is 57.6 Å². The van der Waals surface area contributed by atoms with Gasteiger partial charge in [0.15, 0.2) is 4.32 Å². The number of carboxylic acids is 1. The molecule has 24 heavy (non-hydrogen) atoms. The molecule has 3 rings (SSSR count). The maximum absolute atomic E-state index is 12.7. The SMILES string of the molecule is O=C(O)c1cccc(N2C(=O)/C(=C\c3ccccc3I)SC2=S)c1. The molecule has 0 aromatic heterocycles. The van der Waals surface area contributed by atoms with Crippen LogP contribution in [0.4, 0.5) is 5.69 Å². The molecule has 1 heterocycles. The van der Waals surface area contributed by atoms with Gasteiger partial charge in [0.05, 0.1) is 16.2 Å². The second kappa shape index (κ2) is 7.04. The van der Waals surface area contributed by atoms with Gasteiger partial charge in [0.1, 0.15) is 0 Å². The molecular weight excluding hydrogens is 457 g/mol. The van der Waals surface area contributed by atoms with E-state index in [1.54, 1.807) is 12.1 Å². The minimum Gasteiger partial charge on any atom is -0.478 e. The monoisotopic (exact) mass is 467 g/mol.